The molecule has 0 radical (unpaired) electrons. The molecule has 0 unspecified atom stereocenters. The van der Waals surface area contributed by atoms with E-state index in [1.165, 1.54) is 0 Å². The quantitative estimate of drug-likeness (QED) is 0.615. The summed E-state index contributed by atoms with van der Waals surface area (Å²) in [6.07, 6.45) is 0. The number of fused-ring (bicyclic) bond motifs is 5. The summed E-state index contributed by atoms with van der Waals surface area (Å²) in [5.74, 6) is -0.685. The molecule has 3 aromatic rings. The van der Waals surface area contributed by atoms with Crippen LogP contribution in [0, 0.1) is 0 Å². The van der Waals surface area contributed by atoms with Gasteiger partial charge in [-0.15, -0.1) is 0 Å². The molecule has 1 saturated heterocycles. The molecule has 152 valence electrons. The number of hydrogen-bond acceptors (Lipinski definition) is 4. The van der Waals surface area contributed by atoms with Gasteiger partial charge in [0.05, 0.1) is 12.2 Å². The number of hydrogen-bond donors (Lipinski definition) is 2. The van der Waals surface area contributed by atoms with E-state index in [2.05, 4.69) is 10.6 Å². The van der Waals surface area contributed by atoms with Crippen molar-refractivity contribution in [3.05, 3.63) is 95.6 Å². The number of rotatable bonds is 2. The lowest BCUT2D eigenvalue weighted by Crippen LogP contribution is -2.61. The maximum atomic E-state index is 14.2. The summed E-state index contributed by atoms with van der Waals surface area (Å²) in [6.45, 7) is 0.367. The summed E-state index contributed by atoms with van der Waals surface area (Å²) in [6, 6.07) is 24.5. The summed E-state index contributed by atoms with van der Waals surface area (Å²) in [7, 11) is 0. The van der Waals surface area contributed by atoms with Gasteiger partial charge in [-0.05, 0) is 29.9 Å². The zero-order chi connectivity index (χ0) is 21.2. The zero-order valence-electron chi connectivity index (χ0n) is 16.3. The van der Waals surface area contributed by atoms with E-state index in [1.807, 2.05) is 66.7 Å². The van der Waals surface area contributed by atoms with Crippen LogP contribution in [-0.2, 0) is 32.0 Å². The Labute approximate surface area is 183 Å². The summed E-state index contributed by atoms with van der Waals surface area (Å²) in [4.78, 5) is 29.4. The molecule has 0 aliphatic carbocycles. The van der Waals surface area contributed by atoms with Crippen molar-refractivity contribution >= 4 is 40.6 Å². The molecule has 31 heavy (non-hydrogen) atoms. The second-order valence-electron chi connectivity index (χ2n) is 7.84. The highest BCUT2D eigenvalue weighted by atomic mass is 32.1. The molecule has 0 bridgehead atoms. The van der Waals surface area contributed by atoms with Crippen LogP contribution in [0.4, 0.5) is 11.4 Å². The van der Waals surface area contributed by atoms with Gasteiger partial charge < -0.3 is 20.3 Å². The lowest BCUT2D eigenvalue weighted by molar-refractivity contribution is -0.144. The molecule has 2 N–H and O–H groups in total. The zero-order valence-corrected chi connectivity index (χ0v) is 17.1. The average Bonchev–Trinajstić information content (AvgIpc) is 3.35. The maximum absolute atomic E-state index is 14.2. The minimum Gasteiger partial charge on any atom is -0.446 e. The highest BCUT2D eigenvalue weighted by molar-refractivity contribution is 7.80. The number of anilines is 2. The number of carbonyl (C=O) groups is 2. The molecule has 6 rings (SSSR count). The number of carbonyl (C=O) groups excluding carboxylic acids is 2. The van der Waals surface area contributed by atoms with E-state index in [9.17, 15) is 9.59 Å². The Balaban J connectivity index is 1.60. The van der Waals surface area contributed by atoms with Crippen LogP contribution < -0.4 is 15.5 Å². The summed E-state index contributed by atoms with van der Waals surface area (Å²) < 4.78 is 6.07. The first kappa shape index (κ1) is 18.1. The highest BCUT2D eigenvalue weighted by Crippen LogP contribution is 2.58. The smallest absolute Gasteiger partial charge is 0.277 e. The monoisotopic (exact) mass is 427 g/mol. The van der Waals surface area contributed by atoms with Crippen LogP contribution in [-0.4, -0.2) is 17.0 Å². The predicted octanol–water partition coefficient (Wildman–Crippen LogP) is 3.18. The van der Waals surface area contributed by atoms with Crippen molar-refractivity contribution in [2.75, 3.05) is 10.2 Å². The molecule has 2 amide bonds. The Bertz CT molecular complexity index is 1280. The molecule has 1 fully saturated rings. The van der Waals surface area contributed by atoms with Gasteiger partial charge in [0, 0.05) is 16.8 Å². The largest absolute Gasteiger partial charge is 0.446 e. The van der Waals surface area contributed by atoms with Crippen molar-refractivity contribution in [3.8, 4) is 0 Å². The van der Waals surface area contributed by atoms with E-state index in [0.717, 1.165) is 11.3 Å². The van der Waals surface area contributed by atoms with Gasteiger partial charge in [0.25, 0.3) is 22.6 Å². The molecule has 0 saturated carbocycles. The van der Waals surface area contributed by atoms with E-state index < -0.39 is 17.0 Å². The second kappa shape index (κ2) is 6.15. The summed E-state index contributed by atoms with van der Waals surface area (Å²) >= 11 is 5.39. The Morgan fingerprint density at radius 3 is 2.35 bits per heavy atom. The fraction of sp³-hybridized carbons (Fsp3) is 0.125. The lowest BCUT2D eigenvalue weighted by atomic mass is 9.72. The van der Waals surface area contributed by atoms with Crippen molar-refractivity contribution in [1.82, 2.24) is 5.32 Å². The molecular weight excluding hydrogens is 410 g/mol. The highest BCUT2D eigenvalue weighted by Gasteiger charge is 2.76. The Kier molecular flexibility index (Phi) is 3.59. The molecule has 0 aromatic heterocycles. The topological polar surface area (TPSA) is 70.7 Å². The molecule has 7 heteroatoms. The van der Waals surface area contributed by atoms with Crippen LogP contribution in [0.25, 0.3) is 0 Å². The van der Waals surface area contributed by atoms with E-state index in [1.54, 1.807) is 17.0 Å². The van der Waals surface area contributed by atoms with Crippen LogP contribution in [0.2, 0.25) is 0 Å². The Morgan fingerprint density at radius 1 is 0.871 bits per heavy atom. The minimum absolute atomic E-state index is 0.0246. The Morgan fingerprint density at radius 2 is 1.55 bits per heavy atom. The van der Waals surface area contributed by atoms with Crippen LogP contribution in [0.15, 0.2) is 78.9 Å². The third-order valence-electron chi connectivity index (χ3n) is 6.29. The molecular formula is C24H17N3O3S. The van der Waals surface area contributed by atoms with Gasteiger partial charge in [-0.2, -0.15) is 0 Å². The molecule has 3 aromatic carbocycles. The predicted molar refractivity (Wildman–Crippen MR) is 119 cm³/mol. The molecule has 3 heterocycles. The van der Waals surface area contributed by atoms with E-state index in [-0.39, 0.29) is 11.1 Å². The third-order valence-corrected chi connectivity index (χ3v) is 6.47. The van der Waals surface area contributed by atoms with E-state index in [4.69, 9.17) is 17.0 Å². The first-order valence-electron chi connectivity index (χ1n) is 9.95. The molecule has 3 aliphatic heterocycles. The number of amides is 2. The van der Waals surface area contributed by atoms with Gasteiger partial charge in [-0.3, -0.25) is 9.59 Å². The molecule has 2 spiro atoms. The third kappa shape index (κ3) is 2.13. The van der Waals surface area contributed by atoms with Crippen LogP contribution in [0.3, 0.4) is 0 Å². The molecule has 3 aliphatic rings. The van der Waals surface area contributed by atoms with Crippen LogP contribution >= 0.6 is 12.2 Å². The first-order chi connectivity index (χ1) is 15.1. The second-order valence-corrected chi connectivity index (χ2v) is 8.21. The molecule has 6 nitrogen and oxygen atoms in total. The maximum Gasteiger partial charge on any atom is 0.277 e. The fourth-order valence-corrected chi connectivity index (χ4v) is 5.30. The Hall–Kier alpha value is -3.71. The average molecular weight is 427 g/mol. The number of thiocarbonyl (C=S) groups is 1. The van der Waals surface area contributed by atoms with Crippen molar-refractivity contribution < 1.29 is 14.3 Å². The van der Waals surface area contributed by atoms with Crippen LogP contribution in [0.5, 0.6) is 0 Å². The van der Waals surface area contributed by atoms with Crippen LogP contribution in [0.1, 0.15) is 16.7 Å². The first-order valence-corrected chi connectivity index (χ1v) is 10.4. The van der Waals surface area contributed by atoms with Crippen molar-refractivity contribution in [3.63, 3.8) is 0 Å². The van der Waals surface area contributed by atoms with Crippen molar-refractivity contribution in [2.45, 2.75) is 17.7 Å². The van der Waals surface area contributed by atoms with E-state index in [0.29, 0.717) is 23.4 Å². The van der Waals surface area contributed by atoms with Gasteiger partial charge in [0.2, 0.25) is 5.54 Å². The number of nitrogens with zero attached hydrogens (tertiary/aromatic N) is 1. The normalized spacial score (nSPS) is 25.4. The standard InChI is InChI=1S/C24H17N3O3S/c28-20-24(16-10-4-6-12-18(16)25-20)23(26-22(31)30-24)17-11-5-7-13-19(17)27(21(23)29)14-15-8-2-1-3-9-15/h1-13H,14H2,(H,25,28)(H,26,31)/t23-,24+/m1/s1. The fourth-order valence-electron chi connectivity index (χ4n) is 5.02. The van der Waals surface area contributed by atoms with Crippen molar-refractivity contribution in [2.24, 2.45) is 0 Å². The summed E-state index contributed by atoms with van der Waals surface area (Å²) in [5.41, 5.74) is 0.471. The van der Waals surface area contributed by atoms with E-state index >= 15 is 0 Å². The SMILES string of the molecule is O=C1Nc2ccccc2[C@]12OC(=S)N[C@]21C(=O)N(Cc2ccccc2)c2ccccc21. The number of ether oxygens (including phenoxy) is 1. The van der Waals surface area contributed by atoms with Gasteiger partial charge >= 0.3 is 0 Å². The summed E-state index contributed by atoms with van der Waals surface area (Å²) in [5, 5.41) is 6.02. The lowest BCUT2D eigenvalue weighted by Gasteiger charge is -2.35. The van der Waals surface area contributed by atoms with Gasteiger partial charge in [-0.25, -0.2) is 0 Å². The number of para-hydroxylation sites is 2. The number of benzene rings is 3. The van der Waals surface area contributed by atoms with Gasteiger partial charge in [0.1, 0.15) is 0 Å². The van der Waals surface area contributed by atoms with Gasteiger partial charge in [0.15, 0.2) is 0 Å². The molecule has 2 atom stereocenters. The van der Waals surface area contributed by atoms with Crippen molar-refractivity contribution in [1.29, 1.82) is 0 Å². The number of nitrogens with one attached hydrogen (secondary N) is 2. The van der Waals surface area contributed by atoms with Gasteiger partial charge in [-0.1, -0.05) is 66.7 Å². The minimum atomic E-state index is -1.63.